The van der Waals surface area contributed by atoms with Crippen LogP contribution in [0.25, 0.3) is 0 Å². The molecule has 0 radical (unpaired) electrons. The van der Waals surface area contributed by atoms with Gasteiger partial charge in [-0.3, -0.25) is 0 Å². The lowest BCUT2D eigenvalue weighted by molar-refractivity contribution is 0.200. The molecule has 2 rings (SSSR count). The van der Waals surface area contributed by atoms with Crippen molar-refractivity contribution in [2.75, 3.05) is 37.5 Å². The molecule has 0 aromatic carbocycles. The molecule has 0 spiro atoms. The van der Waals surface area contributed by atoms with Gasteiger partial charge in [0.1, 0.15) is 0 Å². The van der Waals surface area contributed by atoms with Crippen molar-refractivity contribution < 1.29 is 4.74 Å². The summed E-state index contributed by atoms with van der Waals surface area (Å²) < 4.78 is 5.02. The molecule has 7 heteroatoms. The Morgan fingerprint density at radius 3 is 2.74 bits per heavy atom. The number of halogens is 1. The second kappa shape index (κ2) is 7.87. The van der Waals surface area contributed by atoms with Gasteiger partial charge in [0.2, 0.25) is 11.2 Å². The summed E-state index contributed by atoms with van der Waals surface area (Å²) in [4.78, 5) is 15.1. The first-order chi connectivity index (χ1) is 9.29. The highest BCUT2D eigenvalue weighted by Gasteiger charge is 2.15. The third kappa shape index (κ3) is 4.78. The average molecular weight is 303 g/mol. The first-order valence-electron chi connectivity index (χ1n) is 6.58. The highest BCUT2D eigenvalue weighted by molar-refractivity contribution is 7.99. The Morgan fingerprint density at radius 1 is 1.21 bits per heavy atom. The van der Waals surface area contributed by atoms with Gasteiger partial charge in [-0.2, -0.15) is 15.0 Å². The highest BCUT2D eigenvalue weighted by Crippen LogP contribution is 2.21. The third-order valence-corrected chi connectivity index (χ3v) is 4.04. The second-order valence-electron chi connectivity index (χ2n) is 4.43. The van der Waals surface area contributed by atoms with Crippen molar-refractivity contribution >= 4 is 29.3 Å². The number of aromatic nitrogens is 3. The van der Waals surface area contributed by atoms with E-state index >= 15 is 0 Å². The molecule has 1 fully saturated rings. The molecule has 0 saturated carbocycles. The molecule has 5 nitrogen and oxygen atoms in total. The summed E-state index contributed by atoms with van der Waals surface area (Å²) in [5.41, 5.74) is 0. The third-order valence-electron chi connectivity index (χ3n) is 2.94. The molecule has 1 aliphatic rings. The molecular weight excluding hydrogens is 284 g/mol. The Labute approximate surface area is 123 Å². The van der Waals surface area contributed by atoms with Crippen molar-refractivity contribution in [1.82, 2.24) is 15.0 Å². The van der Waals surface area contributed by atoms with Crippen LogP contribution in [0.3, 0.4) is 0 Å². The Morgan fingerprint density at radius 2 is 2.00 bits per heavy atom. The van der Waals surface area contributed by atoms with Crippen LogP contribution in [0.5, 0.6) is 0 Å². The maximum absolute atomic E-state index is 5.98. The number of nitrogens with zero attached hydrogens (tertiary/aromatic N) is 4. The number of piperidine rings is 1. The minimum Gasteiger partial charge on any atom is -0.385 e. The van der Waals surface area contributed by atoms with Gasteiger partial charge in [-0.15, -0.1) is 0 Å². The van der Waals surface area contributed by atoms with E-state index in [2.05, 4.69) is 19.9 Å². The zero-order chi connectivity index (χ0) is 13.5. The molecule has 0 atom stereocenters. The van der Waals surface area contributed by atoms with E-state index in [1.807, 2.05) is 0 Å². The summed E-state index contributed by atoms with van der Waals surface area (Å²) in [5, 5.41) is 0.987. The first kappa shape index (κ1) is 14.8. The van der Waals surface area contributed by atoms with Crippen molar-refractivity contribution in [2.24, 2.45) is 0 Å². The quantitative estimate of drug-likeness (QED) is 0.595. The summed E-state index contributed by atoms with van der Waals surface area (Å²) >= 11 is 7.58. The second-order valence-corrected chi connectivity index (χ2v) is 5.83. The van der Waals surface area contributed by atoms with Crippen molar-refractivity contribution in [3.05, 3.63) is 5.28 Å². The van der Waals surface area contributed by atoms with Crippen LogP contribution in [-0.4, -0.2) is 47.5 Å². The van der Waals surface area contributed by atoms with E-state index in [9.17, 15) is 0 Å². The van der Waals surface area contributed by atoms with E-state index in [1.54, 1.807) is 18.9 Å². The Hall–Kier alpha value is -0.590. The molecular formula is C12H19ClN4OS. The van der Waals surface area contributed by atoms with E-state index in [0.29, 0.717) is 11.1 Å². The molecule has 0 amide bonds. The number of hydrogen-bond donors (Lipinski definition) is 0. The van der Waals surface area contributed by atoms with Crippen molar-refractivity contribution in [2.45, 2.75) is 30.8 Å². The summed E-state index contributed by atoms with van der Waals surface area (Å²) in [5.74, 6) is 1.64. The minimum atomic E-state index is 0.282. The maximum Gasteiger partial charge on any atom is 0.230 e. The number of thioether (sulfide) groups is 1. The van der Waals surface area contributed by atoms with Gasteiger partial charge in [-0.05, 0) is 37.3 Å². The molecule has 19 heavy (non-hydrogen) atoms. The SMILES string of the molecule is COCCCSc1nc(Cl)nc(N2CCCCC2)n1. The number of ether oxygens (including phenoxy) is 1. The average Bonchev–Trinajstić information content (AvgIpc) is 2.44. The van der Waals surface area contributed by atoms with Crippen LogP contribution in [0.2, 0.25) is 5.28 Å². The van der Waals surface area contributed by atoms with Crippen LogP contribution >= 0.6 is 23.4 Å². The lowest BCUT2D eigenvalue weighted by atomic mass is 10.1. The maximum atomic E-state index is 5.98. The largest absolute Gasteiger partial charge is 0.385 e. The van der Waals surface area contributed by atoms with Crippen LogP contribution in [0.1, 0.15) is 25.7 Å². The molecule has 0 unspecified atom stereocenters. The van der Waals surface area contributed by atoms with Crippen LogP contribution in [-0.2, 0) is 4.74 Å². The normalized spacial score (nSPS) is 15.8. The fraction of sp³-hybridized carbons (Fsp3) is 0.750. The minimum absolute atomic E-state index is 0.282. The predicted molar refractivity (Wildman–Crippen MR) is 78.1 cm³/mol. The Balaban J connectivity index is 1.97. The lowest BCUT2D eigenvalue weighted by Crippen LogP contribution is -2.31. The zero-order valence-electron chi connectivity index (χ0n) is 11.1. The van der Waals surface area contributed by atoms with E-state index in [4.69, 9.17) is 16.3 Å². The molecule has 1 aliphatic heterocycles. The number of hydrogen-bond acceptors (Lipinski definition) is 6. The number of anilines is 1. The van der Waals surface area contributed by atoms with Gasteiger partial charge in [0.05, 0.1) is 0 Å². The molecule has 0 N–H and O–H groups in total. The van der Waals surface area contributed by atoms with Gasteiger partial charge in [0.25, 0.3) is 0 Å². The number of methoxy groups -OCH3 is 1. The summed E-state index contributed by atoms with van der Waals surface area (Å²) in [6.45, 7) is 2.77. The first-order valence-corrected chi connectivity index (χ1v) is 7.94. The summed E-state index contributed by atoms with van der Waals surface area (Å²) in [6.07, 6.45) is 4.65. The topological polar surface area (TPSA) is 51.1 Å². The highest BCUT2D eigenvalue weighted by atomic mass is 35.5. The molecule has 106 valence electrons. The zero-order valence-corrected chi connectivity index (χ0v) is 12.7. The van der Waals surface area contributed by atoms with Crippen molar-refractivity contribution in [1.29, 1.82) is 0 Å². The Bertz CT molecular complexity index is 401. The predicted octanol–water partition coefficient (Wildman–Crippen LogP) is 2.64. The van der Waals surface area contributed by atoms with Crippen LogP contribution in [0.15, 0.2) is 5.16 Å². The molecule has 0 bridgehead atoms. The molecule has 2 heterocycles. The van der Waals surface area contributed by atoms with Gasteiger partial charge in [0.15, 0.2) is 5.16 Å². The van der Waals surface area contributed by atoms with Gasteiger partial charge >= 0.3 is 0 Å². The number of rotatable bonds is 6. The van der Waals surface area contributed by atoms with Gasteiger partial charge in [0, 0.05) is 32.6 Å². The Kier molecular flexibility index (Phi) is 6.13. The van der Waals surface area contributed by atoms with Gasteiger partial charge in [-0.1, -0.05) is 11.8 Å². The van der Waals surface area contributed by atoms with Crippen molar-refractivity contribution in [3.8, 4) is 0 Å². The molecule has 1 aromatic rings. The van der Waals surface area contributed by atoms with E-state index < -0.39 is 0 Å². The van der Waals surface area contributed by atoms with Gasteiger partial charge in [-0.25, -0.2) is 0 Å². The van der Waals surface area contributed by atoms with Crippen molar-refractivity contribution in [3.63, 3.8) is 0 Å². The molecule has 1 aromatic heterocycles. The smallest absolute Gasteiger partial charge is 0.230 e. The fourth-order valence-corrected chi connectivity index (χ4v) is 2.94. The van der Waals surface area contributed by atoms with Crippen LogP contribution in [0, 0.1) is 0 Å². The monoisotopic (exact) mass is 302 g/mol. The molecule has 1 saturated heterocycles. The van der Waals surface area contributed by atoms with E-state index in [0.717, 1.165) is 31.9 Å². The lowest BCUT2D eigenvalue weighted by Gasteiger charge is -2.26. The standard InChI is InChI=1S/C12H19ClN4OS/c1-18-8-5-9-19-12-15-10(13)14-11(16-12)17-6-3-2-4-7-17/h2-9H2,1H3. The van der Waals surface area contributed by atoms with Gasteiger partial charge < -0.3 is 9.64 Å². The fourth-order valence-electron chi connectivity index (χ4n) is 1.99. The van der Waals surface area contributed by atoms with Crippen LogP contribution in [0.4, 0.5) is 5.95 Å². The van der Waals surface area contributed by atoms with E-state index in [-0.39, 0.29) is 5.28 Å². The summed E-state index contributed by atoms with van der Waals surface area (Å²) in [6, 6.07) is 0. The van der Waals surface area contributed by atoms with Crippen LogP contribution < -0.4 is 4.90 Å². The van der Waals surface area contributed by atoms with E-state index in [1.165, 1.54) is 19.3 Å². The molecule has 0 aliphatic carbocycles. The summed E-state index contributed by atoms with van der Waals surface area (Å²) in [7, 11) is 1.71.